The summed E-state index contributed by atoms with van der Waals surface area (Å²) in [6, 6.07) is 0. The lowest BCUT2D eigenvalue weighted by molar-refractivity contribution is 0.205. The van der Waals surface area contributed by atoms with Gasteiger partial charge in [-0.25, -0.2) is 0 Å². The first-order valence-corrected chi connectivity index (χ1v) is 6.61. The van der Waals surface area contributed by atoms with Crippen molar-refractivity contribution in [2.75, 3.05) is 0 Å². The van der Waals surface area contributed by atoms with Crippen LogP contribution in [0.1, 0.15) is 52.4 Å². The van der Waals surface area contributed by atoms with E-state index in [1.54, 1.807) is 0 Å². The first-order valence-electron chi connectivity index (χ1n) is 6.61. The van der Waals surface area contributed by atoms with Gasteiger partial charge in [-0.15, -0.1) is 0 Å². The van der Waals surface area contributed by atoms with E-state index in [9.17, 15) is 5.11 Å². The summed E-state index contributed by atoms with van der Waals surface area (Å²) in [6.07, 6.45) is 10.7. The van der Waals surface area contributed by atoms with E-state index < -0.39 is 0 Å². The minimum Gasteiger partial charge on any atom is -0.389 e. The van der Waals surface area contributed by atoms with Crippen LogP contribution in [0.2, 0.25) is 0 Å². The molecule has 1 aliphatic rings. The van der Waals surface area contributed by atoms with Gasteiger partial charge in [0.15, 0.2) is 0 Å². The van der Waals surface area contributed by atoms with Crippen molar-refractivity contribution >= 4 is 0 Å². The van der Waals surface area contributed by atoms with Crippen molar-refractivity contribution in [1.82, 2.24) is 0 Å². The highest BCUT2D eigenvalue weighted by atomic mass is 16.3. The van der Waals surface area contributed by atoms with E-state index in [2.05, 4.69) is 26.5 Å². The minimum atomic E-state index is -0.243. The van der Waals surface area contributed by atoms with Crippen molar-refractivity contribution < 1.29 is 5.11 Å². The summed E-state index contributed by atoms with van der Waals surface area (Å²) in [7, 11) is 0. The highest BCUT2D eigenvalue weighted by Crippen LogP contribution is 2.29. The van der Waals surface area contributed by atoms with Crippen molar-refractivity contribution in [3.63, 3.8) is 0 Å². The number of aliphatic hydroxyl groups is 1. The van der Waals surface area contributed by atoms with Crippen LogP contribution in [-0.4, -0.2) is 11.2 Å². The molecule has 0 bridgehead atoms. The van der Waals surface area contributed by atoms with Crippen LogP contribution in [0.3, 0.4) is 0 Å². The Morgan fingerprint density at radius 3 is 2.75 bits per heavy atom. The molecule has 0 amide bonds. The molecule has 0 aromatic carbocycles. The molecule has 0 spiro atoms. The summed E-state index contributed by atoms with van der Waals surface area (Å²) in [5.41, 5.74) is 1.36. The van der Waals surface area contributed by atoms with Gasteiger partial charge in [0.2, 0.25) is 0 Å². The van der Waals surface area contributed by atoms with Crippen LogP contribution in [0.25, 0.3) is 0 Å². The zero-order valence-corrected chi connectivity index (χ0v) is 10.8. The van der Waals surface area contributed by atoms with Crippen molar-refractivity contribution in [2.45, 2.75) is 58.5 Å². The lowest BCUT2D eigenvalue weighted by Crippen LogP contribution is -2.03. The van der Waals surface area contributed by atoms with E-state index in [4.69, 9.17) is 0 Å². The van der Waals surface area contributed by atoms with Crippen LogP contribution in [0.5, 0.6) is 0 Å². The average molecular weight is 222 g/mol. The van der Waals surface area contributed by atoms with Crippen LogP contribution < -0.4 is 0 Å². The van der Waals surface area contributed by atoms with Crippen LogP contribution in [-0.2, 0) is 0 Å². The van der Waals surface area contributed by atoms with Crippen molar-refractivity contribution in [2.24, 2.45) is 11.8 Å². The Morgan fingerprint density at radius 1 is 1.44 bits per heavy atom. The molecule has 1 aliphatic carbocycles. The summed E-state index contributed by atoms with van der Waals surface area (Å²) >= 11 is 0. The number of hydrogen-bond acceptors (Lipinski definition) is 1. The van der Waals surface area contributed by atoms with E-state index >= 15 is 0 Å². The zero-order chi connectivity index (χ0) is 12.0. The highest BCUT2D eigenvalue weighted by molar-refractivity contribution is 5.08. The minimum absolute atomic E-state index is 0.243. The first kappa shape index (κ1) is 13.5. The average Bonchev–Trinajstić information content (AvgIpc) is 2.61. The molecule has 16 heavy (non-hydrogen) atoms. The largest absolute Gasteiger partial charge is 0.389 e. The Kier molecular flexibility index (Phi) is 5.83. The fraction of sp³-hybridized carbons (Fsp3) is 0.733. The molecule has 92 valence electrons. The number of hydrogen-bond donors (Lipinski definition) is 1. The van der Waals surface area contributed by atoms with Crippen LogP contribution in [0, 0.1) is 11.8 Å². The smallest absolute Gasteiger partial charge is 0.0721 e. The molecular formula is C15H26O. The molecule has 0 saturated heterocycles. The predicted octanol–water partition coefficient (Wildman–Crippen LogP) is 4.09. The zero-order valence-electron chi connectivity index (χ0n) is 10.8. The monoisotopic (exact) mass is 222 g/mol. The van der Waals surface area contributed by atoms with E-state index in [1.165, 1.54) is 24.8 Å². The third-order valence-electron chi connectivity index (χ3n) is 3.31. The van der Waals surface area contributed by atoms with Gasteiger partial charge >= 0.3 is 0 Å². The van der Waals surface area contributed by atoms with Crippen molar-refractivity contribution in [3.8, 4) is 0 Å². The maximum Gasteiger partial charge on any atom is 0.0721 e. The number of rotatable bonds is 6. The second kappa shape index (κ2) is 6.90. The van der Waals surface area contributed by atoms with Gasteiger partial charge in [-0.2, -0.15) is 0 Å². The van der Waals surface area contributed by atoms with Gasteiger partial charge in [0.1, 0.15) is 0 Å². The molecule has 1 unspecified atom stereocenters. The van der Waals surface area contributed by atoms with Gasteiger partial charge < -0.3 is 5.11 Å². The van der Waals surface area contributed by atoms with Gasteiger partial charge in [0.25, 0.3) is 0 Å². The van der Waals surface area contributed by atoms with Crippen molar-refractivity contribution in [1.29, 1.82) is 0 Å². The van der Waals surface area contributed by atoms with Crippen molar-refractivity contribution in [3.05, 3.63) is 24.3 Å². The Morgan fingerprint density at radius 2 is 2.19 bits per heavy atom. The lowest BCUT2D eigenvalue weighted by Gasteiger charge is -2.08. The second-order valence-electron chi connectivity index (χ2n) is 5.53. The molecular weight excluding hydrogens is 196 g/mol. The molecule has 1 nitrogen and oxygen atoms in total. The number of allylic oxidation sites excluding steroid dienone is 2. The van der Waals surface area contributed by atoms with Gasteiger partial charge in [-0.05, 0) is 37.5 Å². The Balaban J connectivity index is 2.15. The topological polar surface area (TPSA) is 20.2 Å². The Labute approximate surface area is 100 Å². The fourth-order valence-electron chi connectivity index (χ4n) is 2.25. The molecule has 0 aliphatic heterocycles. The van der Waals surface area contributed by atoms with E-state index in [0.29, 0.717) is 5.92 Å². The van der Waals surface area contributed by atoms with Gasteiger partial charge in [0, 0.05) is 0 Å². The number of aliphatic hydroxyl groups excluding tert-OH is 1. The molecule has 1 N–H and O–H groups in total. The summed E-state index contributed by atoms with van der Waals surface area (Å²) in [5.74, 6) is 1.38. The maximum absolute atomic E-state index is 9.78. The molecule has 0 aromatic rings. The Bertz CT molecular complexity index is 240. The summed E-state index contributed by atoms with van der Waals surface area (Å²) in [5, 5.41) is 9.78. The predicted molar refractivity (Wildman–Crippen MR) is 70.3 cm³/mol. The third kappa shape index (κ3) is 5.50. The van der Waals surface area contributed by atoms with Crippen LogP contribution in [0.15, 0.2) is 24.3 Å². The summed E-state index contributed by atoms with van der Waals surface area (Å²) < 4.78 is 0. The fourth-order valence-corrected chi connectivity index (χ4v) is 2.25. The molecule has 1 saturated carbocycles. The molecule has 2 atom stereocenters. The standard InChI is InChI=1S/C15H26O/c1-12(2)5-4-6-15(16)10-9-14-8-7-13(3)11-14/h9-10,12,14-16H,3-8,11H2,1-2H3/b10-9+/t14-,15?/m1/s1. The van der Waals surface area contributed by atoms with E-state index in [1.807, 2.05) is 6.08 Å². The molecule has 1 heteroatoms. The SMILES string of the molecule is C=C1CC[C@H](/C=C/C(O)CCCC(C)C)C1. The molecule has 0 heterocycles. The highest BCUT2D eigenvalue weighted by Gasteiger charge is 2.15. The normalized spacial score (nSPS) is 23.5. The molecule has 1 rings (SSSR count). The molecule has 1 fully saturated rings. The third-order valence-corrected chi connectivity index (χ3v) is 3.31. The summed E-state index contributed by atoms with van der Waals surface area (Å²) in [6.45, 7) is 8.46. The Hall–Kier alpha value is -0.560. The quantitative estimate of drug-likeness (QED) is 0.671. The van der Waals surface area contributed by atoms with E-state index in [-0.39, 0.29) is 6.10 Å². The lowest BCUT2D eigenvalue weighted by atomic mass is 10.0. The van der Waals surface area contributed by atoms with Gasteiger partial charge in [-0.1, -0.05) is 51.0 Å². The molecule has 0 radical (unpaired) electrons. The molecule has 0 aromatic heterocycles. The van der Waals surface area contributed by atoms with Crippen LogP contribution in [0.4, 0.5) is 0 Å². The van der Waals surface area contributed by atoms with Gasteiger partial charge in [0.05, 0.1) is 6.10 Å². The van der Waals surface area contributed by atoms with Gasteiger partial charge in [-0.3, -0.25) is 0 Å². The summed E-state index contributed by atoms with van der Waals surface area (Å²) in [4.78, 5) is 0. The first-order chi connectivity index (χ1) is 7.58. The maximum atomic E-state index is 9.78. The van der Waals surface area contributed by atoms with E-state index in [0.717, 1.165) is 25.2 Å². The van der Waals surface area contributed by atoms with Crippen LogP contribution >= 0.6 is 0 Å². The second-order valence-corrected chi connectivity index (χ2v) is 5.53.